The second kappa shape index (κ2) is 12.8. The zero-order valence-corrected chi connectivity index (χ0v) is 26.3. The molecule has 5 aromatic rings. The van der Waals surface area contributed by atoms with Gasteiger partial charge in [-0.1, -0.05) is 0 Å². The lowest BCUT2D eigenvalue weighted by Crippen LogP contribution is -2.60. The van der Waals surface area contributed by atoms with Crippen molar-refractivity contribution in [1.29, 1.82) is 0 Å². The number of hydrogen-bond acceptors (Lipinski definition) is 11. The molecule has 1 aliphatic heterocycles. The van der Waals surface area contributed by atoms with E-state index in [4.69, 9.17) is 9.47 Å². The molecule has 48 heavy (non-hydrogen) atoms. The molecular weight excluding hydrogens is 633 g/mol. The van der Waals surface area contributed by atoms with Crippen molar-refractivity contribution >= 4 is 17.2 Å². The van der Waals surface area contributed by atoms with E-state index in [9.17, 15) is 18.0 Å². The molecule has 1 aliphatic carbocycles. The number of likely N-dealkylation sites (tertiary alicyclic amines) is 1. The summed E-state index contributed by atoms with van der Waals surface area (Å²) in [6, 6.07) is 6.79. The summed E-state index contributed by atoms with van der Waals surface area (Å²) >= 11 is 0. The summed E-state index contributed by atoms with van der Waals surface area (Å²) in [4.78, 5) is 24.0. The van der Waals surface area contributed by atoms with Gasteiger partial charge in [0.25, 0.3) is 5.91 Å². The fourth-order valence-electron chi connectivity index (χ4n) is 5.95. The summed E-state index contributed by atoms with van der Waals surface area (Å²) < 4.78 is 53.5. The lowest BCUT2D eigenvalue weighted by molar-refractivity contribution is -0.0495. The number of amides is 1. The zero-order chi connectivity index (χ0) is 33.5. The number of hydrogen-bond donors (Lipinski definition) is 1. The number of halogens is 3. The summed E-state index contributed by atoms with van der Waals surface area (Å²) in [5.74, 6) is -0.439. The number of carbonyl (C=O) groups excluding carboxylic acids is 1. The number of fused-ring (bicyclic) bond motifs is 1. The van der Waals surface area contributed by atoms with Gasteiger partial charge in [-0.2, -0.15) is 23.8 Å². The zero-order valence-electron chi connectivity index (χ0n) is 26.3. The Bertz CT molecular complexity index is 1910. The Labute approximate surface area is 272 Å². The van der Waals surface area contributed by atoms with Crippen LogP contribution < -0.4 is 14.8 Å². The third-order valence-electron chi connectivity index (χ3n) is 8.58. The monoisotopic (exact) mass is 666 g/mol. The minimum atomic E-state index is -3.17. The van der Waals surface area contributed by atoms with Crippen LogP contribution in [0.25, 0.3) is 16.9 Å². The second-order valence-electron chi connectivity index (χ2n) is 12.1. The third kappa shape index (κ3) is 6.40. The molecule has 1 N–H and O–H groups in total. The van der Waals surface area contributed by atoms with Crippen molar-refractivity contribution in [1.82, 2.24) is 54.4 Å². The number of ether oxygens (including phenoxy) is 2. The third-order valence-corrected chi connectivity index (χ3v) is 8.58. The first-order chi connectivity index (χ1) is 23.1. The summed E-state index contributed by atoms with van der Waals surface area (Å²) in [7, 11) is 4.21. The van der Waals surface area contributed by atoms with Crippen molar-refractivity contribution in [3.63, 3.8) is 0 Å². The topological polar surface area (TPSA) is 146 Å². The normalized spacial score (nSPS) is 19.0. The minimum Gasteiger partial charge on any atom is -0.461 e. The molecule has 1 saturated carbocycles. The number of alkyl halides is 3. The first kappa shape index (κ1) is 31.5. The van der Waals surface area contributed by atoms with Crippen molar-refractivity contribution in [2.24, 2.45) is 0 Å². The quantitative estimate of drug-likeness (QED) is 0.210. The van der Waals surface area contributed by atoms with Gasteiger partial charge in [-0.05, 0) is 56.4 Å². The fraction of sp³-hybridized carbons (Fsp3) is 0.433. The van der Waals surface area contributed by atoms with E-state index in [1.165, 1.54) is 52.9 Å². The lowest BCUT2D eigenvalue weighted by atomic mass is 9.82. The molecule has 18 heteroatoms. The molecule has 7 rings (SSSR count). The maximum Gasteiger partial charge on any atom is 0.387 e. The van der Waals surface area contributed by atoms with E-state index in [0.717, 1.165) is 25.9 Å². The van der Waals surface area contributed by atoms with Crippen LogP contribution in [0.15, 0.2) is 49.1 Å². The Kier molecular flexibility index (Phi) is 8.42. The number of nitrogens with zero attached hydrogens (tertiary/aromatic N) is 11. The number of tetrazole rings is 1. The molecule has 0 radical (unpaired) electrons. The predicted octanol–water partition coefficient (Wildman–Crippen LogP) is 3.12. The second-order valence-corrected chi connectivity index (χ2v) is 12.1. The van der Waals surface area contributed by atoms with Crippen molar-refractivity contribution in [2.75, 3.05) is 32.5 Å². The van der Waals surface area contributed by atoms with E-state index in [-0.39, 0.29) is 46.6 Å². The van der Waals surface area contributed by atoms with Crippen LogP contribution >= 0.6 is 0 Å². The van der Waals surface area contributed by atoms with Gasteiger partial charge in [-0.25, -0.2) is 13.9 Å². The summed E-state index contributed by atoms with van der Waals surface area (Å²) in [5.41, 5.74) is 0.694. The molecule has 15 nitrogen and oxygen atoms in total. The Hall–Kier alpha value is -5.10. The highest BCUT2D eigenvalue weighted by molar-refractivity contribution is 6.09. The van der Waals surface area contributed by atoms with Crippen LogP contribution in [0.3, 0.4) is 0 Å². The molecule has 1 atom stereocenters. The van der Waals surface area contributed by atoms with Gasteiger partial charge in [0.1, 0.15) is 29.3 Å². The van der Waals surface area contributed by atoms with E-state index >= 15 is 0 Å². The fourth-order valence-corrected chi connectivity index (χ4v) is 5.95. The Morgan fingerprint density at radius 2 is 1.94 bits per heavy atom. The van der Waals surface area contributed by atoms with Crippen LogP contribution in [0.5, 0.6) is 11.5 Å². The molecule has 0 bridgehead atoms. The SMILES string of the molecule is CC(F)Oc1ccc(OC(F)F)c(-c2nn(Cc3nnn(C4CN([C@H]5C[C@H](N(C)C)C5)C4)n3)cc2NC(=O)c2cnn3cccnc23)c1. The van der Waals surface area contributed by atoms with Gasteiger partial charge in [0.2, 0.25) is 6.36 Å². The summed E-state index contributed by atoms with van der Waals surface area (Å²) in [5, 5.41) is 24.6. The van der Waals surface area contributed by atoms with Crippen LogP contribution in [-0.4, -0.2) is 113 Å². The number of rotatable bonds is 12. The highest BCUT2D eigenvalue weighted by Crippen LogP contribution is 2.38. The Morgan fingerprint density at radius 3 is 2.69 bits per heavy atom. The van der Waals surface area contributed by atoms with Gasteiger partial charge >= 0.3 is 6.61 Å². The van der Waals surface area contributed by atoms with Crippen molar-refractivity contribution < 1.29 is 27.4 Å². The van der Waals surface area contributed by atoms with E-state index in [1.54, 1.807) is 17.1 Å². The average Bonchev–Trinajstić information content (AvgIpc) is 3.72. The molecule has 1 amide bonds. The number of nitrogens with one attached hydrogen (secondary N) is 1. The largest absolute Gasteiger partial charge is 0.461 e. The van der Waals surface area contributed by atoms with Crippen LogP contribution in [0.1, 0.15) is 42.0 Å². The van der Waals surface area contributed by atoms with Crippen molar-refractivity contribution in [3.05, 3.63) is 60.4 Å². The van der Waals surface area contributed by atoms with Gasteiger partial charge in [0.15, 0.2) is 11.5 Å². The molecule has 1 unspecified atom stereocenters. The molecule has 4 aromatic heterocycles. The Morgan fingerprint density at radius 1 is 1.12 bits per heavy atom. The van der Waals surface area contributed by atoms with Crippen molar-refractivity contribution in [2.45, 2.75) is 57.4 Å². The smallest absolute Gasteiger partial charge is 0.387 e. The van der Waals surface area contributed by atoms with Crippen LogP contribution in [0.4, 0.5) is 18.9 Å². The molecule has 2 aliphatic rings. The van der Waals surface area contributed by atoms with Gasteiger partial charge in [0.05, 0.1) is 23.5 Å². The lowest BCUT2D eigenvalue weighted by Gasteiger charge is -2.51. The average molecular weight is 667 g/mol. The van der Waals surface area contributed by atoms with E-state index in [2.05, 4.69) is 59.8 Å². The van der Waals surface area contributed by atoms with Crippen molar-refractivity contribution in [3.8, 4) is 22.8 Å². The molecule has 1 aromatic carbocycles. The number of benzene rings is 1. The van der Waals surface area contributed by atoms with Gasteiger partial charge in [-0.15, -0.1) is 10.2 Å². The summed E-state index contributed by atoms with van der Waals surface area (Å²) in [6.45, 7) is -0.259. The van der Waals surface area contributed by atoms with Gasteiger partial charge in [-0.3, -0.25) is 14.4 Å². The number of aromatic nitrogens is 9. The van der Waals surface area contributed by atoms with Crippen LogP contribution in [0, 0.1) is 0 Å². The van der Waals surface area contributed by atoms with E-state index in [0.29, 0.717) is 23.6 Å². The number of carbonyl (C=O) groups is 1. The van der Waals surface area contributed by atoms with Gasteiger partial charge in [0, 0.05) is 50.7 Å². The maximum absolute atomic E-state index is 13.7. The van der Waals surface area contributed by atoms with E-state index < -0.39 is 18.9 Å². The highest BCUT2D eigenvalue weighted by Gasteiger charge is 2.41. The number of anilines is 1. The Balaban J connectivity index is 1.15. The standard InChI is InChI=1S/C30H33F3N12O3/c1-17(31)47-21-5-6-25(48-30(32)33)22(11-21)27-24(36-29(46)23-12-35-44-8-4-7-34-28(23)44)15-43(39-27)16-26-37-40-45(38-26)20-13-42(14-20)19-9-18(10-19)41(2)3/h4-8,11-12,15,17-20,30H,9-10,13-14,16H2,1-3H3,(H,36,46)/t17?,18-,19-. The molecule has 252 valence electrons. The molecule has 1 saturated heterocycles. The van der Waals surface area contributed by atoms with Gasteiger partial charge < -0.3 is 19.7 Å². The van der Waals surface area contributed by atoms with E-state index in [1.807, 2.05) is 0 Å². The first-order valence-corrected chi connectivity index (χ1v) is 15.4. The molecule has 2 fully saturated rings. The van der Waals surface area contributed by atoms with Crippen LogP contribution in [0.2, 0.25) is 0 Å². The highest BCUT2D eigenvalue weighted by atomic mass is 19.3. The molecule has 0 spiro atoms. The minimum absolute atomic E-state index is 0.0270. The summed E-state index contributed by atoms with van der Waals surface area (Å²) in [6.07, 6.45) is 6.65. The molecular formula is C30H33F3N12O3. The predicted molar refractivity (Wildman–Crippen MR) is 164 cm³/mol. The van der Waals surface area contributed by atoms with Crippen LogP contribution in [-0.2, 0) is 6.54 Å². The molecule has 5 heterocycles. The maximum atomic E-state index is 13.7. The first-order valence-electron chi connectivity index (χ1n) is 15.4.